The summed E-state index contributed by atoms with van der Waals surface area (Å²) in [6, 6.07) is -6.50. The Hall–Kier alpha value is -3.08. The Kier molecular flexibility index (Phi) is 13.5. The van der Waals surface area contributed by atoms with Crippen LogP contribution in [-0.2, 0) is 19.2 Å². The van der Waals surface area contributed by atoms with Crippen molar-refractivity contribution >= 4 is 24.0 Å². The molecule has 1 aliphatic carbocycles. The molecule has 2 N–H and O–H groups in total. The van der Waals surface area contributed by atoms with Crippen molar-refractivity contribution in [3.05, 3.63) is 24.3 Å². The van der Waals surface area contributed by atoms with Gasteiger partial charge in [0.05, 0.1) is 0 Å². The zero-order valence-corrected chi connectivity index (χ0v) is 17.4. The van der Waals surface area contributed by atoms with Gasteiger partial charge in [0.15, 0.2) is 0 Å². The standard InChI is InChI=1S/C8H12.2C5H2F6O3/c1-2-4-6-8-7-5-3-1;2*6-2(12)1(3(13)14)4(7,8)5(9,10)11/h1-2,7-8H,3-6H2;2*1H,(H,13,14). The van der Waals surface area contributed by atoms with Crippen LogP contribution in [0, 0.1) is 11.8 Å². The van der Waals surface area contributed by atoms with Crippen molar-refractivity contribution in [2.45, 2.75) is 49.9 Å². The molecule has 0 spiro atoms. The van der Waals surface area contributed by atoms with Crippen LogP contribution in [0.25, 0.3) is 0 Å². The van der Waals surface area contributed by atoms with Crippen LogP contribution in [0.1, 0.15) is 25.7 Å². The molecule has 208 valence electrons. The highest BCUT2D eigenvalue weighted by Crippen LogP contribution is 2.42. The van der Waals surface area contributed by atoms with E-state index in [1.165, 1.54) is 25.7 Å². The van der Waals surface area contributed by atoms with E-state index in [0.717, 1.165) is 0 Å². The minimum Gasteiger partial charge on any atom is -0.480 e. The first-order valence-corrected chi connectivity index (χ1v) is 9.06. The van der Waals surface area contributed by atoms with Crippen LogP contribution in [0.2, 0.25) is 0 Å². The van der Waals surface area contributed by atoms with Crippen molar-refractivity contribution < 1.29 is 82.1 Å². The van der Waals surface area contributed by atoms with E-state index in [1.807, 2.05) is 0 Å². The van der Waals surface area contributed by atoms with Gasteiger partial charge in [-0.2, -0.15) is 52.7 Å². The normalized spacial score (nSPS) is 16.1. The number of carboxylic acid groups (broad SMARTS) is 2. The monoisotopic (exact) mass is 556 g/mol. The van der Waals surface area contributed by atoms with Gasteiger partial charge in [-0.05, 0) is 25.7 Å². The summed E-state index contributed by atoms with van der Waals surface area (Å²) in [7, 11) is 0. The Morgan fingerprint density at radius 3 is 0.806 bits per heavy atom. The van der Waals surface area contributed by atoms with Gasteiger partial charge in [0.1, 0.15) is 0 Å². The Bertz CT molecular complexity index is 721. The van der Waals surface area contributed by atoms with Crippen LogP contribution in [0.5, 0.6) is 0 Å². The zero-order valence-electron chi connectivity index (χ0n) is 17.4. The van der Waals surface area contributed by atoms with Gasteiger partial charge in [-0.25, -0.2) is 0 Å². The first-order chi connectivity index (χ1) is 16.0. The zero-order chi connectivity index (χ0) is 29.1. The van der Waals surface area contributed by atoms with Gasteiger partial charge in [0, 0.05) is 0 Å². The highest BCUT2D eigenvalue weighted by atomic mass is 19.4. The second-order valence-electron chi connectivity index (χ2n) is 6.49. The van der Waals surface area contributed by atoms with Crippen LogP contribution in [-0.4, -0.2) is 58.4 Å². The number of carboxylic acids is 2. The lowest BCUT2D eigenvalue weighted by Crippen LogP contribution is -2.49. The Morgan fingerprint density at radius 2 is 0.722 bits per heavy atom. The predicted octanol–water partition coefficient (Wildman–Crippen LogP) is 5.43. The van der Waals surface area contributed by atoms with E-state index < -0.39 is 60.0 Å². The fraction of sp³-hybridized carbons (Fsp3) is 0.556. The number of allylic oxidation sites excluding steroid dienone is 4. The van der Waals surface area contributed by atoms with Crippen molar-refractivity contribution in [1.29, 1.82) is 0 Å². The topological polar surface area (TPSA) is 109 Å². The lowest BCUT2D eigenvalue weighted by Gasteiger charge is -2.22. The highest BCUT2D eigenvalue weighted by molar-refractivity contribution is 5.95. The molecule has 0 saturated heterocycles. The summed E-state index contributed by atoms with van der Waals surface area (Å²) in [6.07, 6.45) is 1.41. The molecule has 18 heteroatoms. The maximum absolute atomic E-state index is 12.1. The maximum Gasteiger partial charge on any atom is 0.454 e. The summed E-state index contributed by atoms with van der Waals surface area (Å²) in [5.41, 5.74) is 0. The molecule has 0 radical (unpaired) electrons. The van der Waals surface area contributed by atoms with E-state index in [0.29, 0.717) is 0 Å². The Morgan fingerprint density at radius 1 is 0.528 bits per heavy atom. The predicted molar refractivity (Wildman–Crippen MR) is 93.2 cm³/mol. The number of hydrogen-bond acceptors (Lipinski definition) is 4. The molecule has 0 bridgehead atoms. The summed E-state index contributed by atoms with van der Waals surface area (Å²) in [5, 5.41) is 15.6. The highest BCUT2D eigenvalue weighted by Gasteiger charge is 2.68. The van der Waals surface area contributed by atoms with Crippen molar-refractivity contribution in [3.63, 3.8) is 0 Å². The molecule has 0 aromatic carbocycles. The molecule has 1 rings (SSSR count). The third-order valence-electron chi connectivity index (χ3n) is 3.76. The van der Waals surface area contributed by atoms with Crippen molar-refractivity contribution in [3.8, 4) is 0 Å². The smallest absolute Gasteiger partial charge is 0.454 e. The summed E-state index contributed by atoms with van der Waals surface area (Å²) in [6.45, 7) is 0. The molecule has 2 unspecified atom stereocenters. The molecular weight excluding hydrogens is 540 g/mol. The van der Waals surface area contributed by atoms with Gasteiger partial charge in [-0.3, -0.25) is 19.2 Å². The number of carbonyl (C=O) groups is 4. The minimum atomic E-state index is -6.29. The second kappa shape index (κ2) is 13.9. The van der Waals surface area contributed by atoms with Gasteiger partial charge >= 0.3 is 48.2 Å². The quantitative estimate of drug-likeness (QED) is 0.196. The summed E-state index contributed by atoms with van der Waals surface area (Å²) < 4.78 is 141. The van der Waals surface area contributed by atoms with Crippen LogP contribution in [0.4, 0.5) is 52.7 Å². The molecule has 36 heavy (non-hydrogen) atoms. The average molecular weight is 556 g/mol. The van der Waals surface area contributed by atoms with Crippen molar-refractivity contribution in [1.82, 2.24) is 0 Å². The fourth-order valence-electron chi connectivity index (χ4n) is 1.97. The lowest BCUT2D eigenvalue weighted by atomic mass is 10.0. The van der Waals surface area contributed by atoms with Crippen molar-refractivity contribution in [2.24, 2.45) is 11.8 Å². The largest absolute Gasteiger partial charge is 0.480 e. The summed E-state index contributed by atoms with van der Waals surface area (Å²) >= 11 is 0. The van der Waals surface area contributed by atoms with E-state index in [2.05, 4.69) is 24.3 Å². The van der Waals surface area contributed by atoms with E-state index in [1.54, 1.807) is 0 Å². The van der Waals surface area contributed by atoms with Crippen LogP contribution < -0.4 is 0 Å². The molecule has 6 nitrogen and oxygen atoms in total. The molecular formula is C18H16F12O6. The van der Waals surface area contributed by atoms with Crippen LogP contribution in [0.15, 0.2) is 24.3 Å². The van der Waals surface area contributed by atoms with E-state index in [4.69, 9.17) is 10.2 Å². The molecule has 0 amide bonds. The molecule has 1 aliphatic rings. The van der Waals surface area contributed by atoms with Crippen LogP contribution in [0.3, 0.4) is 0 Å². The fourth-order valence-corrected chi connectivity index (χ4v) is 1.97. The number of hydrogen-bond donors (Lipinski definition) is 2. The molecule has 0 aliphatic heterocycles. The minimum absolute atomic E-state index is 1.23. The summed E-state index contributed by atoms with van der Waals surface area (Å²) in [5.74, 6) is -25.7. The Balaban J connectivity index is 0. The van der Waals surface area contributed by atoms with Gasteiger partial charge in [0.2, 0.25) is 11.8 Å². The molecule has 0 aromatic rings. The average Bonchev–Trinajstić information content (AvgIpc) is 2.58. The first-order valence-electron chi connectivity index (χ1n) is 9.06. The third kappa shape index (κ3) is 10.7. The van der Waals surface area contributed by atoms with Crippen LogP contribution >= 0.6 is 0 Å². The maximum atomic E-state index is 12.1. The van der Waals surface area contributed by atoms with E-state index >= 15 is 0 Å². The number of carbonyl (C=O) groups excluding carboxylic acids is 2. The van der Waals surface area contributed by atoms with Gasteiger partial charge in [0.25, 0.3) is 0 Å². The number of rotatable bonds is 6. The summed E-state index contributed by atoms with van der Waals surface area (Å²) in [4.78, 5) is 38.9. The number of alkyl halides is 10. The van der Waals surface area contributed by atoms with Crippen molar-refractivity contribution in [2.75, 3.05) is 0 Å². The number of halogens is 12. The third-order valence-corrected chi connectivity index (χ3v) is 3.76. The first kappa shape index (κ1) is 35.1. The number of aliphatic carboxylic acids is 2. The molecule has 0 saturated carbocycles. The second-order valence-corrected chi connectivity index (χ2v) is 6.49. The molecule has 2 atom stereocenters. The van der Waals surface area contributed by atoms with Gasteiger partial charge in [-0.15, -0.1) is 0 Å². The van der Waals surface area contributed by atoms with E-state index in [-0.39, 0.29) is 0 Å². The molecule has 0 heterocycles. The lowest BCUT2D eigenvalue weighted by molar-refractivity contribution is -0.298. The van der Waals surface area contributed by atoms with E-state index in [9.17, 15) is 71.9 Å². The molecule has 0 aromatic heterocycles. The molecule has 0 fully saturated rings. The van der Waals surface area contributed by atoms with Gasteiger partial charge in [-0.1, -0.05) is 24.3 Å². The Labute approximate surface area is 193 Å². The van der Waals surface area contributed by atoms with Gasteiger partial charge < -0.3 is 10.2 Å². The SMILES string of the molecule is C1=CCCC=CCC1.O=C(O)C(C(=O)F)C(F)(F)C(F)(F)F.O=C(O)C(C(=O)F)C(F)(F)C(F)(F)F.